The summed E-state index contributed by atoms with van der Waals surface area (Å²) in [7, 11) is 0. The van der Waals surface area contributed by atoms with E-state index in [-0.39, 0.29) is 11.5 Å². The maximum absolute atomic E-state index is 12.9. The second-order valence-electron chi connectivity index (χ2n) is 6.20. The Bertz CT molecular complexity index is 1240. The van der Waals surface area contributed by atoms with Crippen molar-refractivity contribution in [3.05, 3.63) is 80.9 Å². The lowest BCUT2D eigenvalue weighted by Gasteiger charge is -2.15. The molecule has 0 atom stereocenters. The van der Waals surface area contributed by atoms with Gasteiger partial charge in [-0.15, -0.1) is 0 Å². The van der Waals surface area contributed by atoms with Crippen LogP contribution in [-0.4, -0.2) is 21.3 Å². The third-order valence-corrected chi connectivity index (χ3v) is 6.29. The van der Waals surface area contributed by atoms with Crippen molar-refractivity contribution >= 4 is 75.1 Å². The number of amides is 1. The summed E-state index contributed by atoms with van der Waals surface area (Å²) >= 11 is 18.5. The number of rotatable bonds is 4. The second kappa shape index (κ2) is 8.28. The molecule has 1 fully saturated rings. The van der Waals surface area contributed by atoms with Gasteiger partial charge in [0.25, 0.3) is 5.91 Å². The van der Waals surface area contributed by atoms with E-state index in [4.69, 9.17) is 44.9 Å². The summed E-state index contributed by atoms with van der Waals surface area (Å²) in [5.41, 5.74) is 1.31. The van der Waals surface area contributed by atoms with Gasteiger partial charge in [-0.2, -0.15) is 0 Å². The molecule has 4 rings (SSSR count). The van der Waals surface area contributed by atoms with Crippen molar-refractivity contribution in [2.45, 2.75) is 0 Å². The Kier molecular flexibility index (Phi) is 5.71. The van der Waals surface area contributed by atoms with Gasteiger partial charge in [0.15, 0.2) is 4.32 Å². The highest BCUT2D eigenvalue weighted by molar-refractivity contribution is 8.27. The minimum atomic E-state index is -1.02. The molecule has 1 amide bonds. The van der Waals surface area contributed by atoms with Gasteiger partial charge in [0.1, 0.15) is 11.5 Å². The Morgan fingerprint density at radius 2 is 1.90 bits per heavy atom. The van der Waals surface area contributed by atoms with Gasteiger partial charge >= 0.3 is 5.97 Å². The predicted molar refractivity (Wildman–Crippen MR) is 123 cm³/mol. The van der Waals surface area contributed by atoms with E-state index in [1.807, 2.05) is 0 Å². The summed E-state index contributed by atoms with van der Waals surface area (Å²) in [5.74, 6) is -0.381. The van der Waals surface area contributed by atoms with E-state index in [9.17, 15) is 9.59 Å². The minimum absolute atomic E-state index is 0.160. The van der Waals surface area contributed by atoms with Crippen LogP contribution in [0.25, 0.3) is 17.4 Å². The van der Waals surface area contributed by atoms with E-state index in [2.05, 4.69) is 0 Å². The van der Waals surface area contributed by atoms with Crippen molar-refractivity contribution in [3.63, 3.8) is 0 Å². The molecule has 0 unspecified atom stereocenters. The molecule has 1 aliphatic heterocycles. The Morgan fingerprint density at radius 1 is 1.10 bits per heavy atom. The molecule has 2 heterocycles. The van der Waals surface area contributed by atoms with Crippen LogP contribution in [0.2, 0.25) is 10.0 Å². The smallest absolute Gasteiger partial charge is 0.335 e. The lowest BCUT2D eigenvalue weighted by Crippen LogP contribution is -2.27. The zero-order chi connectivity index (χ0) is 21.4. The number of carboxylic acids is 1. The van der Waals surface area contributed by atoms with Crippen LogP contribution < -0.4 is 4.90 Å². The van der Waals surface area contributed by atoms with E-state index in [0.29, 0.717) is 42.0 Å². The van der Waals surface area contributed by atoms with Gasteiger partial charge in [-0.05, 0) is 42.5 Å². The number of hydrogen-bond donors (Lipinski definition) is 1. The van der Waals surface area contributed by atoms with E-state index in [1.54, 1.807) is 48.5 Å². The Morgan fingerprint density at radius 3 is 2.63 bits per heavy atom. The quantitative estimate of drug-likeness (QED) is 0.349. The summed E-state index contributed by atoms with van der Waals surface area (Å²) < 4.78 is 6.16. The van der Waals surface area contributed by atoms with Crippen molar-refractivity contribution in [1.29, 1.82) is 0 Å². The van der Waals surface area contributed by atoms with Gasteiger partial charge in [0.05, 0.1) is 26.2 Å². The number of thioether (sulfide) groups is 1. The van der Waals surface area contributed by atoms with Gasteiger partial charge < -0.3 is 9.52 Å². The first-order valence-corrected chi connectivity index (χ1v) is 10.5. The number of carbonyl (C=O) groups excluding carboxylic acids is 1. The zero-order valence-corrected chi connectivity index (χ0v) is 18.1. The molecule has 1 aromatic heterocycles. The fourth-order valence-electron chi connectivity index (χ4n) is 2.83. The molecule has 0 aliphatic carbocycles. The van der Waals surface area contributed by atoms with E-state index in [0.717, 1.165) is 11.8 Å². The number of nitrogens with zero attached hydrogens (tertiary/aromatic N) is 1. The Labute approximate surface area is 190 Å². The molecule has 2 aromatic carbocycles. The zero-order valence-electron chi connectivity index (χ0n) is 15.0. The van der Waals surface area contributed by atoms with Crippen molar-refractivity contribution < 1.29 is 19.1 Å². The van der Waals surface area contributed by atoms with Crippen molar-refractivity contribution in [1.82, 2.24) is 0 Å². The molecule has 150 valence electrons. The van der Waals surface area contributed by atoms with Gasteiger partial charge in [-0.1, -0.05) is 59.3 Å². The molecule has 30 heavy (non-hydrogen) atoms. The van der Waals surface area contributed by atoms with Crippen LogP contribution in [0.1, 0.15) is 16.1 Å². The molecule has 0 saturated carbocycles. The topological polar surface area (TPSA) is 70.8 Å². The van der Waals surface area contributed by atoms with Crippen molar-refractivity contribution in [2.75, 3.05) is 4.90 Å². The van der Waals surface area contributed by atoms with E-state index in [1.165, 1.54) is 17.0 Å². The highest BCUT2D eigenvalue weighted by Gasteiger charge is 2.33. The number of furan rings is 1. The standard InChI is InChI=1S/C21H11Cl2NO4S2/c22-15-6-4-13(9-16(15)23)24-19(25)18(30-21(24)29)10-14-5-7-17(28-14)11-2-1-3-12(8-11)20(26)27/h1-10H,(H,26,27)/b18-10-. The summed E-state index contributed by atoms with van der Waals surface area (Å²) in [5, 5.41) is 9.85. The largest absolute Gasteiger partial charge is 0.478 e. The summed E-state index contributed by atoms with van der Waals surface area (Å²) in [6.45, 7) is 0. The first-order valence-electron chi connectivity index (χ1n) is 8.50. The number of carboxylic acid groups (broad SMARTS) is 1. The average molecular weight is 476 g/mol. The molecular weight excluding hydrogens is 465 g/mol. The number of anilines is 1. The number of benzene rings is 2. The summed E-state index contributed by atoms with van der Waals surface area (Å²) in [6.07, 6.45) is 1.60. The molecule has 0 spiro atoms. The minimum Gasteiger partial charge on any atom is -0.478 e. The van der Waals surface area contributed by atoms with Crippen LogP contribution in [0.5, 0.6) is 0 Å². The number of thiocarbonyl (C=S) groups is 1. The first-order chi connectivity index (χ1) is 14.3. The van der Waals surface area contributed by atoms with Gasteiger partial charge in [0, 0.05) is 11.6 Å². The van der Waals surface area contributed by atoms with Crippen LogP contribution in [0.4, 0.5) is 5.69 Å². The molecule has 0 bridgehead atoms. The highest BCUT2D eigenvalue weighted by Crippen LogP contribution is 2.38. The fourth-order valence-corrected chi connectivity index (χ4v) is 4.41. The molecule has 1 N–H and O–H groups in total. The lowest BCUT2D eigenvalue weighted by atomic mass is 10.1. The molecule has 9 heteroatoms. The molecule has 1 aliphatic rings. The van der Waals surface area contributed by atoms with Crippen LogP contribution in [0, 0.1) is 0 Å². The number of aromatic carboxylic acids is 1. The number of carbonyl (C=O) groups is 2. The van der Waals surface area contributed by atoms with Crippen LogP contribution in [0.3, 0.4) is 0 Å². The molecule has 5 nitrogen and oxygen atoms in total. The normalized spacial score (nSPS) is 15.3. The molecule has 1 saturated heterocycles. The van der Waals surface area contributed by atoms with Crippen LogP contribution >= 0.6 is 47.2 Å². The first kappa shape index (κ1) is 20.7. The monoisotopic (exact) mass is 475 g/mol. The third kappa shape index (κ3) is 4.02. The maximum Gasteiger partial charge on any atom is 0.335 e. The SMILES string of the molecule is O=C(O)c1cccc(-c2ccc(/C=C3\SC(=S)N(c4ccc(Cl)c(Cl)c4)C3=O)o2)c1. The summed E-state index contributed by atoms with van der Waals surface area (Å²) in [6, 6.07) is 14.7. The highest BCUT2D eigenvalue weighted by atomic mass is 35.5. The van der Waals surface area contributed by atoms with Crippen molar-refractivity contribution in [2.24, 2.45) is 0 Å². The van der Waals surface area contributed by atoms with Crippen molar-refractivity contribution in [3.8, 4) is 11.3 Å². The number of halogens is 2. The Balaban J connectivity index is 1.61. The van der Waals surface area contributed by atoms with Crippen LogP contribution in [-0.2, 0) is 4.79 Å². The van der Waals surface area contributed by atoms with Gasteiger partial charge in [-0.3, -0.25) is 9.69 Å². The maximum atomic E-state index is 12.9. The van der Waals surface area contributed by atoms with Gasteiger partial charge in [0.2, 0.25) is 0 Å². The molecule has 3 aromatic rings. The average Bonchev–Trinajstić information content (AvgIpc) is 3.29. The van der Waals surface area contributed by atoms with E-state index < -0.39 is 5.97 Å². The summed E-state index contributed by atoms with van der Waals surface area (Å²) in [4.78, 5) is 25.8. The second-order valence-corrected chi connectivity index (χ2v) is 8.69. The number of hydrogen-bond acceptors (Lipinski definition) is 5. The Hall–Kier alpha value is -2.58. The fraction of sp³-hybridized carbons (Fsp3) is 0. The molecular formula is C21H11Cl2NO4S2. The lowest BCUT2D eigenvalue weighted by molar-refractivity contribution is -0.113. The predicted octanol–water partition coefficient (Wildman–Crippen LogP) is 6.36. The van der Waals surface area contributed by atoms with E-state index >= 15 is 0 Å². The third-order valence-electron chi connectivity index (χ3n) is 4.25. The van der Waals surface area contributed by atoms with Crippen LogP contribution in [0.15, 0.2) is 63.9 Å². The molecule has 0 radical (unpaired) electrons. The van der Waals surface area contributed by atoms with Gasteiger partial charge in [-0.25, -0.2) is 4.79 Å².